The second kappa shape index (κ2) is 7.02. The molecule has 0 bridgehead atoms. The first-order valence-corrected chi connectivity index (χ1v) is 9.74. The molecule has 1 aromatic heterocycles. The van der Waals surface area contributed by atoms with Crippen LogP contribution in [0.1, 0.15) is 20.8 Å². The molecule has 0 fully saturated rings. The van der Waals surface area contributed by atoms with E-state index in [1.807, 2.05) is 17.5 Å². The van der Waals surface area contributed by atoms with Gasteiger partial charge in [0.1, 0.15) is 10.6 Å². The molecule has 2 heterocycles. The Labute approximate surface area is 158 Å². The smallest absolute Gasteiger partial charge is 0.262 e. The van der Waals surface area contributed by atoms with E-state index in [4.69, 9.17) is 4.74 Å². The average molecular weight is 414 g/mol. The van der Waals surface area contributed by atoms with Gasteiger partial charge in [-0.15, -0.1) is 11.3 Å². The van der Waals surface area contributed by atoms with Gasteiger partial charge in [-0.25, -0.2) is 0 Å². The number of ether oxygens (including phenoxy) is 1. The number of hydrogen-bond donors (Lipinski definition) is 1. The van der Waals surface area contributed by atoms with Gasteiger partial charge in [-0.05, 0) is 61.8 Å². The summed E-state index contributed by atoms with van der Waals surface area (Å²) in [5.41, 5.74) is 4.72. The lowest BCUT2D eigenvalue weighted by molar-refractivity contribution is 0.0954. The number of halogens is 1. The number of nitrogens with one attached hydrogen (secondary N) is 1. The quantitative estimate of drug-likeness (QED) is 0.650. The summed E-state index contributed by atoms with van der Waals surface area (Å²) in [7, 11) is 0. The third-order valence-electron chi connectivity index (χ3n) is 4.25. The van der Waals surface area contributed by atoms with Gasteiger partial charge < -0.3 is 10.1 Å². The van der Waals surface area contributed by atoms with Crippen LogP contribution in [0.5, 0.6) is 5.75 Å². The third kappa shape index (κ3) is 3.48. The topological polar surface area (TPSA) is 38.3 Å². The van der Waals surface area contributed by atoms with Crippen LogP contribution in [0.3, 0.4) is 0 Å². The van der Waals surface area contributed by atoms with E-state index < -0.39 is 0 Å². The van der Waals surface area contributed by atoms with Crippen LogP contribution >= 0.6 is 27.3 Å². The summed E-state index contributed by atoms with van der Waals surface area (Å²) in [6, 6.07) is 16.5. The molecule has 0 atom stereocenters. The molecule has 0 aliphatic carbocycles. The number of benzene rings is 2. The highest BCUT2D eigenvalue weighted by Gasteiger charge is 2.13. The summed E-state index contributed by atoms with van der Waals surface area (Å²) in [6.07, 6.45) is 0.978. The van der Waals surface area contributed by atoms with E-state index in [-0.39, 0.29) is 5.91 Å². The van der Waals surface area contributed by atoms with Gasteiger partial charge in [0.25, 0.3) is 5.91 Å². The summed E-state index contributed by atoms with van der Waals surface area (Å²) in [4.78, 5) is 12.9. The van der Waals surface area contributed by atoms with Gasteiger partial charge in [0.2, 0.25) is 0 Å². The lowest BCUT2D eigenvalue weighted by atomic mass is 10.0. The number of hydrogen-bond acceptors (Lipinski definition) is 3. The van der Waals surface area contributed by atoms with Crippen molar-refractivity contribution in [2.45, 2.75) is 13.0 Å². The van der Waals surface area contributed by atoms with Crippen molar-refractivity contribution in [2.75, 3.05) is 6.61 Å². The molecule has 3 aromatic rings. The number of carbonyl (C=O) groups excluding carboxylic acids is 1. The zero-order chi connectivity index (χ0) is 17.2. The van der Waals surface area contributed by atoms with Gasteiger partial charge >= 0.3 is 0 Å². The fourth-order valence-corrected chi connectivity index (χ4v) is 4.37. The molecule has 0 radical (unpaired) electrons. The Balaban J connectivity index is 1.43. The molecule has 2 aromatic carbocycles. The van der Waals surface area contributed by atoms with Gasteiger partial charge in [0.05, 0.1) is 6.61 Å². The SMILES string of the molecule is O=C(NCc1ccc(-c2ccc3c(c2)CCO3)cc1)c1sccc1Br. The van der Waals surface area contributed by atoms with Gasteiger partial charge in [0, 0.05) is 17.4 Å². The molecular weight excluding hydrogens is 398 g/mol. The summed E-state index contributed by atoms with van der Waals surface area (Å²) >= 11 is 4.82. The summed E-state index contributed by atoms with van der Waals surface area (Å²) in [5, 5.41) is 4.86. The molecule has 1 aliphatic heterocycles. The largest absolute Gasteiger partial charge is 0.493 e. The molecule has 0 saturated heterocycles. The molecule has 1 aliphatic rings. The molecule has 5 heteroatoms. The highest BCUT2D eigenvalue weighted by molar-refractivity contribution is 9.10. The molecule has 3 nitrogen and oxygen atoms in total. The number of rotatable bonds is 4. The number of thiophene rings is 1. The first-order valence-electron chi connectivity index (χ1n) is 8.07. The highest BCUT2D eigenvalue weighted by Crippen LogP contribution is 2.30. The Bertz CT molecular complexity index is 918. The lowest BCUT2D eigenvalue weighted by Gasteiger charge is -2.07. The monoisotopic (exact) mass is 413 g/mol. The van der Waals surface area contributed by atoms with Gasteiger partial charge in [-0.2, -0.15) is 0 Å². The maximum atomic E-state index is 12.2. The van der Waals surface area contributed by atoms with Crippen LogP contribution in [-0.4, -0.2) is 12.5 Å². The van der Waals surface area contributed by atoms with Crippen LogP contribution in [0.4, 0.5) is 0 Å². The Hall–Kier alpha value is -2.11. The van der Waals surface area contributed by atoms with E-state index in [0.717, 1.165) is 28.8 Å². The second-order valence-electron chi connectivity index (χ2n) is 5.90. The van der Waals surface area contributed by atoms with Crippen LogP contribution in [0, 0.1) is 0 Å². The molecule has 0 unspecified atom stereocenters. The zero-order valence-corrected chi connectivity index (χ0v) is 15.8. The van der Waals surface area contributed by atoms with Crippen molar-refractivity contribution < 1.29 is 9.53 Å². The molecule has 0 spiro atoms. The van der Waals surface area contributed by atoms with Crippen LogP contribution < -0.4 is 10.1 Å². The van der Waals surface area contributed by atoms with Crippen LogP contribution in [0.15, 0.2) is 58.4 Å². The van der Waals surface area contributed by atoms with E-state index in [1.165, 1.54) is 28.0 Å². The first-order chi connectivity index (χ1) is 12.2. The average Bonchev–Trinajstić information content (AvgIpc) is 3.28. The Kier molecular flexibility index (Phi) is 4.59. The maximum absolute atomic E-state index is 12.2. The first kappa shape index (κ1) is 16.4. The van der Waals surface area contributed by atoms with Crippen LogP contribution in [-0.2, 0) is 13.0 Å². The number of fused-ring (bicyclic) bond motifs is 1. The fourth-order valence-electron chi connectivity index (χ4n) is 2.90. The Morgan fingerprint density at radius 2 is 1.92 bits per heavy atom. The molecule has 1 N–H and O–H groups in total. The van der Waals surface area contributed by atoms with Crippen molar-refractivity contribution in [3.8, 4) is 16.9 Å². The zero-order valence-electron chi connectivity index (χ0n) is 13.4. The Morgan fingerprint density at radius 1 is 1.12 bits per heavy atom. The lowest BCUT2D eigenvalue weighted by Crippen LogP contribution is -2.22. The van der Waals surface area contributed by atoms with E-state index in [2.05, 4.69) is 57.6 Å². The van der Waals surface area contributed by atoms with Crippen molar-refractivity contribution in [1.82, 2.24) is 5.32 Å². The predicted octanol–water partition coefficient (Wildman–Crippen LogP) is 5.04. The molecule has 126 valence electrons. The van der Waals surface area contributed by atoms with Crippen molar-refractivity contribution in [3.05, 3.63) is 74.4 Å². The van der Waals surface area contributed by atoms with E-state index in [0.29, 0.717) is 11.4 Å². The van der Waals surface area contributed by atoms with E-state index in [9.17, 15) is 4.79 Å². The molecule has 4 rings (SSSR count). The highest BCUT2D eigenvalue weighted by atomic mass is 79.9. The van der Waals surface area contributed by atoms with Crippen molar-refractivity contribution in [3.63, 3.8) is 0 Å². The van der Waals surface area contributed by atoms with Crippen LogP contribution in [0.2, 0.25) is 0 Å². The molecule has 25 heavy (non-hydrogen) atoms. The standard InChI is InChI=1S/C20H16BrNO2S/c21-17-8-10-25-19(17)20(23)22-12-13-1-3-14(4-2-13)15-5-6-18-16(11-15)7-9-24-18/h1-6,8,10-11H,7,9,12H2,(H,22,23). The van der Waals surface area contributed by atoms with E-state index in [1.54, 1.807) is 0 Å². The van der Waals surface area contributed by atoms with Crippen molar-refractivity contribution in [2.24, 2.45) is 0 Å². The van der Waals surface area contributed by atoms with E-state index >= 15 is 0 Å². The molecule has 1 amide bonds. The Morgan fingerprint density at radius 3 is 2.68 bits per heavy atom. The maximum Gasteiger partial charge on any atom is 0.262 e. The number of amides is 1. The molecule has 0 saturated carbocycles. The minimum Gasteiger partial charge on any atom is -0.493 e. The minimum absolute atomic E-state index is 0.0513. The van der Waals surface area contributed by atoms with Crippen molar-refractivity contribution >= 4 is 33.2 Å². The molecular formula is C20H16BrNO2S. The van der Waals surface area contributed by atoms with Gasteiger partial charge in [0.15, 0.2) is 0 Å². The minimum atomic E-state index is -0.0513. The number of carbonyl (C=O) groups is 1. The summed E-state index contributed by atoms with van der Waals surface area (Å²) < 4.78 is 6.40. The van der Waals surface area contributed by atoms with Crippen molar-refractivity contribution in [1.29, 1.82) is 0 Å². The second-order valence-corrected chi connectivity index (χ2v) is 7.67. The fraction of sp³-hybridized carbons (Fsp3) is 0.150. The van der Waals surface area contributed by atoms with Gasteiger partial charge in [-0.3, -0.25) is 4.79 Å². The predicted molar refractivity (Wildman–Crippen MR) is 104 cm³/mol. The third-order valence-corrected chi connectivity index (χ3v) is 6.09. The normalized spacial score (nSPS) is 12.5. The summed E-state index contributed by atoms with van der Waals surface area (Å²) in [5.74, 6) is 0.951. The summed E-state index contributed by atoms with van der Waals surface area (Å²) in [6.45, 7) is 1.29. The van der Waals surface area contributed by atoms with Gasteiger partial charge in [-0.1, -0.05) is 30.3 Å². The van der Waals surface area contributed by atoms with Crippen LogP contribution in [0.25, 0.3) is 11.1 Å².